The fraction of sp³-hybridized carbons (Fsp3) is 0.407. The van der Waals surface area contributed by atoms with Crippen LogP contribution < -0.4 is 15.5 Å². The van der Waals surface area contributed by atoms with Crippen molar-refractivity contribution in [2.75, 3.05) is 18.1 Å². The molecular formula is C27H28F3N5O4S. The van der Waals surface area contributed by atoms with E-state index >= 15 is 0 Å². The molecule has 3 atom stereocenters. The molecule has 1 aromatic carbocycles. The van der Waals surface area contributed by atoms with Gasteiger partial charge in [-0.2, -0.15) is 13.2 Å². The summed E-state index contributed by atoms with van der Waals surface area (Å²) < 4.78 is 45.3. The van der Waals surface area contributed by atoms with Gasteiger partial charge in [-0.3, -0.25) is 5.32 Å². The second-order valence-corrected chi connectivity index (χ2v) is 10.5. The van der Waals surface area contributed by atoms with Crippen LogP contribution in [0.25, 0.3) is 0 Å². The van der Waals surface area contributed by atoms with E-state index in [1.54, 1.807) is 38.4 Å². The minimum Gasteiger partial charge on any atom is -0.463 e. The van der Waals surface area contributed by atoms with Gasteiger partial charge in [0.15, 0.2) is 5.69 Å². The molecule has 1 fully saturated rings. The summed E-state index contributed by atoms with van der Waals surface area (Å²) in [6.45, 7) is 3.98. The maximum atomic E-state index is 13.4. The summed E-state index contributed by atoms with van der Waals surface area (Å²) in [6, 6.07) is 5.13. The molecule has 1 saturated carbocycles. The average molecular weight is 576 g/mol. The van der Waals surface area contributed by atoms with Crippen molar-refractivity contribution in [3.8, 4) is 0 Å². The van der Waals surface area contributed by atoms with Crippen LogP contribution >= 0.6 is 11.3 Å². The first kappa shape index (κ1) is 27.8. The van der Waals surface area contributed by atoms with Crippen LogP contribution in [-0.2, 0) is 15.7 Å². The largest absolute Gasteiger partial charge is 0.463 e. The summed E-state index contributed by atoms with van der Waals surface area (Å²) >= 11 is 0.871. The van der Waals surface area contributed by atoms with Gasteiger partial charge in [0.1, 0.15) is 16.9 Å². The normalized spacial score (nSPS) is 22.2. The number of aliphatic hydroxyl groups is 1. The number of hydrogen-bond acceptors (Lipinski definition) is 8. The molecule has 3 N–H and O–H groups in total. The minimum atomic E-state index is -4.60. The zero-order valence-electron chi connectivity index (χ0n) is 21.7. The molecule has 40 heavy (non-hydrogen) atoms. The van der Waals surface area contributed by atoms with Gasteiger partial charge in [0.25, 0.3) is 0 Å². The number of amides is 2. The Labute approximate surface area is 232 Å². The van der Waals surface area contributed by atoms with Crippen molar-refractivity contribution in [3.63, 3.8) is 0 Å². The molecule has 3 heterocycles. The summed E-state index contributed by atoms with van der Waals surface area (Å²) in [5, 5.41) is 17.6. The van der Waals surface area contributed by atoms with Crippen LogP contribution in [0.3, 0.4) is 0 Å². The predicted molar refractivity (Wildman–Crippen MR) is 143 cm³/mol. The number of alkyl halides is 3. The van der Waals surface area contributed by atoms with Crippen molar-refractivity contribution in [1.82, 2.24) is 15.6 Å². The van der Waals surface area contributed by atoms with Gasteiger partial charge in [-0.1, -0.05) is 12.1 Å². The van der Waals surface area contributed by atoms with E-state index in [0.29, 0.717) is 17.7 Å². The van der Waals surface area contributed by atoms with Crippen LogP contribution in [0.1, 0.15) is 66.5 Å². The standard InChI is InChI=1S/C27H28F3N5O4S/c1-3-31-26(38)34-22-10-16(24-33-21(13-40-24)27(28,29)30)18(11-32-22)14-5-8-20-17(9-14)23(36)19(25(37)39-4-2)12-35(20)15-6-7-15/h5,8-13,15-16,18,23,36H,3-4,6-7H2,1-2H3,(H2,31,34,38). The number of benzene rings is 1. The molecule has 2 aliphatic heterocycles. The molecule has 0 spiro atoms. The number of nitrogens with one attached hydrogen (secondary N) is 2. The summed E-state index contributed by atoms with van der Waals surface area (Å²) in [5.41, 5.74) is 1.02. The molecule has 1 aromatic heterocycles. The van der Waals surface area contributed by atoms with Crippen LogP contribution in [0.5, 0.6) is 0 Å². The first-order valence-corrected chi connectivity index (χ1v) is 13.8. The number of urea groups is 1. The topological polar surface area (TPSA) is 116 Å². The molecule has 3 unspecified atom stereocenters. The molecule has 2 amide bonds. The molecule has 5 rings (SSSR count). The first-order chi connectivity index (χ1) is 19.1. The lowest BCUT2D eigenvalue weighted by atomic mass is 9.83. The molecule has 2 aromatic rings. The van der Waals surface area contributed by atoms with Gasteiger partial charge >= 0.3 is 18.2 Å². The maximum Gasteiger partial charge on any atom is 0.434 e. The van der Waals surface area contributed by atoms with E-state index in [9.17, 15) is 27.9 Å². The molecule has 0 saturated heterocycles. The lowest BCUT2D eigenvalue weighted by Gasteiger charge is -2.33. The number of thiazole rings is 1. The highest BCUT2D eigenvalue weighted by molar-refractivity contribution is 7.09. The Bertz CT molecular complexity index is 1400. The Morgan fingerprint density at radius 2 is 2.00 bits per heavy atom. The minimum absolute atomic E-state index is 0.121. The molecular weight excluding hydrogens is 547 g/mol. The zero-order chi connectivity index (χ0) is 28.6. The van der Waals surface area contributed by atoms with Gasteiger partial charge in [0, 0.05) is 53.5 Å². The number of rotatable bonds is 7. The highest BCUT2D eigenvalue weighted by Crippen LogP contribution is 2.46. The third-order valence-corrected chi connectivity index (χ3v) is 7.75. The second-order valence-electron chi connectivity index (χ2n) is 9.60. The molecule has 0 bridgehead atoms. The number of carbonyl (C=O) groups is 2. The third-order valence-electron chi connectivity index (χ3n) is 6.81. The van der Waals surface area contributed by atoms with E-state index in [0.717, 1.165) is 35.2 Å². The lowest BCUT2D eigenvalue weighted by Crippen LogP contribution is -2.35. The number of aliphatic hydroxyl groups excluding tert-OH is 1. The van der Waals surface area contributed by atoms with Gasteiger partial charge < -0.3 is 20.1 Å². The van der Waals surface area contributed by atoms with Crippen molar-refractivity contribution in [3.05, 3.63) is 69.1 Å². The predicted octanol–water partition coefficient (Wildman–Crippen LogP) is 4.74. The molecule has 13 heteroatoms. The Kier molecular flexibility index (Phi) is 7.69. The van der Waals surface area contributed by atoms with Crippen molar-refractivity contribution >= 4 is 35.2 Å². The van der Waals surface area contributed by atoms with Gasteiger partial charge in [0.2, 0.25) is 0 Å². The summed E-state index contributed by atoms with van der Waals surface area (Å²) in [4.78, 5) is 34.9. The van der Waals surface area contributed by atoms with Crippen LogP contribution in [0.15, 0.2) is 52.2 Å². The highest BCUT2D eigenvalue weighted by Gasteiger charge is 2.39. The first-order valence-electron chi connectivity index (χ1n) is 12.9. The van der Waals surface area contributed by atoms with E-state index in [4.69, 9.17) is 4.74 Å². The van der Waals surface area contributed by atoms with E-state index in [1.807, 2.05) is 17.0 Å². The summed E-state index contributed by atoms with van der Waals surface area (Å²) in [6.07, 6.45) is 0.816. The van der Waals surface area contributed by atoms with Crippen molar-refractivity contribution < 1.29 is 32.6 Å². The lowest BCUT2D eigenvalue weighted by molar-refractivity contribution is -0.141. The van der Waals surface area contributed by atoms with Crippen LogP contribution in [-0.4, -0.2) is 47.5 Å². The number of aliphatic imine (C=N–C) groups is 1. The van der Waals surface area contributed by atoms with E-state index in [2.05, 4.69) is 20.6 Å². The van der Waals surface area contributed by atoms with E-state index < -0.39 is 41.8 Å². The Morgan fingerprint density at radius 3 is 2.65 bits per heavy atom. The fourth-order valence-electron chi connectivity index (χ4n) is 4.78. The zero-order valence-corrected chi connectivity index (χ0v) is 22.6. The monoisotopic (exact) mass is 575 g/mol. The molecule has 1 aliphatic carbocycles. The van der Waals surface area contributed by atoms with Gasteiger partial charge in [-0.05, 0) is 44.4 Å². The number of hydrogen-bond donors (Lipinski definition) is 3. The fourth-order valence-corrected chi connectivity index (χ4v) is 5.72. The smallest absolute Gasteiger partial charge is 0.434 e. The van der Waals surface area contributed by atoms with Crippen molar-refractivity contribution in [1.29, 1.82) is 0 Å². The number of fused-ring (bicyclic) bond motifs is 1. The number of halogens is 3. The molecule has 212 valence electrons. The quantitative estimate of drug-likeness (QED) is 0.411. The van der Waals surface area contributed by atoms with Crippen molar-refractivity contribution in [2.45, 2.75) is 56.8 Å². The Balaban J connectivity index is 1.53. The van der Waals surface area contributed by atoms with E-state index in [1.165, 1.54) is 0 Å². The van der Waals surface area contributed by atoms with Crippen molar-refractivity contribution in [2.24, 2.45) is 4.99 Å². The van der Waals surface area contributed by atoms with Crippen LogP contribution in [0.4, 0.5) is 23.7 Å². The van der Waals surface area contributed by atoms with Crippen LogP contribution in [0, 0.1) is 0 Å². The second kappa shape index (κ2) is 11.0. The average Bonchev–Trinajstić information content (AvgIpc) is 3.62. The summed E-state index contributed by atoms with van der Waals surface area (Å²) in [7, 11) is 0. The third kappa shape index (κ3) is 5.61. The molecule has 9 nitrogen and oxygen atoms in total. The maximum absolute atomic E-state index is 13.4. The SMILES string of the molecule is CCNC(=O)NC1=CC(c2nc(C(F)(F)F)cs2)C(c2ccc3c(c2)C(O)C(C(=O)OCC)=CN3C2CC2)C=N1. The number of ether oxygens (including phenoxy) is 1. The van der Waals surface area contributed by atoms with Gasteiger partial charge in [0.05, 0.1) is 12.2 Å². The Morgan fingerprint density at radius 1 is 1.23 bits per heavy atom. The van der Waals surface area contributed by atoms with Crippen LogP contribution in [0.2, 0.25) is 0 Å². The Hall–Kier alpha value is -3.71. The van der Waals surface area contributed by atoms with Gasteiger partial charge in [-0.15, -0.1) is 11.3 Å². The summed E-state index contributed by atoms with van der Waals surface area (Å²) in [5.74, 6) is -1.67. The number of carbonyl (C=O) groups excluding carboxylic acids is 2. The number of esters is 1. The highest BCUT2D eigenvalue weighted by atomic mass is 32.1. The number of anilines is 1. The molecule has 3 aliphatic rings. The van der Waals surface area contributed by atoms with Gasteiger partial charge in [-0.25, -0.2) is 19.6 Å². The van der Waals surface area contributed by atoms with E-state index in [-0.39, 0.29) is 29.1 Å². The molecule has 0 radical (unpaired) electrons. The number of aromatic nitrogens is 1. The number of allylic oxidation sites excluding steroid dienone is 1. The number of nitrogens with zero attached hydrogens (tertiary/aromatic N) is 3.